The van der Waals surface area contributed by atoms with E-state index >= 15 is 0 Å². The highest BCUT2D eigenvalue weighted by atomic mass is 79.9. The lowest BCUT2D eigenvalue weighted by atomic mass is 10.2. The van der Waals surface area contributed by atoms with E-state index in [2.05, 4.69) is 33.0 Å². The van der Waals surface area contributed by atoms with Crippen LogP contribution in [0.15, 0.2) is 33.6 Å². The van der Waals surface area contributed by atoms with E-state index < -0.39 is 0 Å². The van der Waals surface area contributed by atoms with Gasteiger partial charge in [0.25, 0.3) is 0 Å². The standard InChI is InChI=1S/C16H12BrClN2S2/c17-9-4-6-10(7-5-9)21-8-13-19-15(18)14-11-2-1-3-12(11)22-16(14)20-13/h4-7H,1-3,8H2. The van der Waals surface area contributed by atoms with Crippen LogP contribution in [0.2, 0.25) is 5.15 Å². The monoisotopic (exact) mass is 410 g/mol. The van der Waals surface area contributed by atoms with Gasteiger partial charge < -0.3 is 0 Å². The van der Waals surface area contributed by atoms with Crippen molar-refractivity contribution in [2.75, 3.05) is 0 Å². The number of benzene rings is 1. The number of fused-ring (bicyclic) bond motifs is 3. The van der Waals surface area contributed by atoms with Crippen molar-refractivity contribution in [3.8, 4) is 0 Å². The Kier molecular flexibility index (Phi) is 4.15. The maximum absolute atomic E-state index is 6.43. The molecule has 3 aromatic rings. The van der Waals surface area contributed by atoms with E-state index in [1.54, 1.807) is 23.1 Å². The van der Waals surface area contributed by atoms with Crippen LogP contribution in [0.3, 0.4) is 0 Å². The zero-order valence-corrected chi connectivity index (χ0v) is 15.6. The number of nitrogens with zero attached hydrogens (tertiary/aromatic N) is 2. The lowest BCUT2D eigenvalue weighted by Gasteiger charge is -2.03. The molecular weight excluding hydrogens is 400 g/mol. The Bertz CT molecular complexity index is 845. The predicted octanol–water partition coefficient (Wildman–Crippen LogP) is 5.89. The Labute approximate surface area is 150 Å². The van der Waals surface area contributed by atoms with E-state index in [-0.39, 0.29) is 0 Å². The van der Waals surface area contributed by atoms with E-state index in [1.165, 1.54) is 21.8 Å². The predicted molar refractivity (Wildman–Crippen MR) is 98.2 cm³/mol. The molecule has 22 heavy (non-hydrogen) atoms. The molecule has 4 rings (SSSR count). The van der Waals surface area contributed by atoms with Gasteiger partial charge in [-0.2, -0.15) is 0 Å². The molecule has 2 aromatic heterocycles. The minimum absolute atomic E-state index is 0.621. The Morgan fingerprint density at radius 2 is 2.00 bits per heavy atom. The fourth-order valence-corrected chi connectivity index (χ4v) is 5.39. The van der Waals surface area contributed by atoms with E-state index in [0.29, 0.717) is 5.15 Å². The van der Waals surface area contributed by atoms with Crippen LogP contribution in [0, 0.1) is 0 Å². The van der Waals surface area contributed by atoms with Crippen molar-refractivity contribution in [2.24, 2.45) is 0 Å². The molecule has 112 valence electrons. The molecule has 1 aromatic carbocycles. The highest BCUT2D eigenvalue weighted by Crippen LogP contribution is 2.39. The normalized spacial score (nSPS) is 13.7. The molecule has 0 spiro atoms. The molecule has 0 saturated heterocycles. The van der Waals surface area contributed by atoms with Crippen molar-refractivity contribution in [1.29, 1.82) is 0 Å². The number of thioether (sulfide) groups is 1. The zero-order chi connectivity index (χ0) is 15.1. The highest BCUT2D eigenvalue weighted by Gasteiger charge is 2.21. The van der Waals surface area contributed by atoms with Crippen LogP contribution in [0.5, 0.6) is 0 Å². The van der Waals surface area contributed by atoms with Crippen molar-refractivity contribution >= 4 is 60.8 Å². The van der Waals surface area contributed by atoms with Gasteiger partial charge in [0.2, 0.25) is 0 Å². The van der Waals surface area contributed by atoms with Crippen molar-refractivity contribution in [2.45, 2.75) is 29.9 Å². The summed E-state index contributed by atoms with van der Waals surface area (Å²) in [6.07, 6.45) is 3.51. The average molecular weight is 412 g/mol. The van der Waals surface area contributed by atoms with Gasteiger partial charge in [0, 0.05) is 14.2 Å². The summed E-state index contributed by atoms with van der Waals surface area (Å²) >= 11 is 13.4. The van der Waals surface area contributed by atoms with Crippen molar-refractivity contribution in [3.05, 3.63) is 50.2 Å². The van der Waals surface area contributed by atoms with E-state index in [0.717, 1.165) is 39.1 Å². The van der Waals surface area contributed by atoms with E-state index in [1.807, 2.05) is 12.1 Å². The highest BCUT2D eigenvalue weighted by molar-refractivity contribution is 9.10. The fraction of sp³-hybridized carbons (Fsp3) is 0.250. The molecule has 0 amide bonds. The van der Waals surface area contributed by atoms with Gasteiger partial charge >= 0.3 is 0 Å². The first-order valence-electron chi connectivity index (χ1n) is 7.06. The van der Waals surface area contributed by atoms with Crippen LogP contribution >= 0.6 is 50.6 Å². The molecule has 0 aliphatic heterocycles. The van der Waals surface area contributed by atoms with Crippen molar-refractivity contribution in [1.82, 2.24) is 9.97 Å². The summed E-state index contributed by atoms with van der Waals surface area (Å²) < 4.78 is 1.09. The second-order valence-electron chi connectivity index (χ2n) is 5.21. The van der Waals surface area contributed by atoms with Crippen molar-refractivity contribution < 1.29 is 0 Å². The molecule has 0 fully saturated rings. The van der Waals surface area contributed by atoms with Crippen LogP contribution in [0.1, 0.15) is 22.7 Å². The van der Waals surface area contributed by atoms with Crippen LogP contribution in [-0.4, -0.2) is 9.97 Å². The smallest absolute Gasteiger partial charge is 0.142 e. The maximum Gasteiger partial charge on any atom is 0.142 e. The number of hydrogen-bond acceptors (Lipinski definition) is 4. The van der Waals surface area contributed by atoms with Gasteiger partial charge in [0.15, 0.2) is 0 Å². The summed E-state index contributed by atoms with van der Waals surface area (Å²) in [5.41, 5.74) is 1.39. The quantitative estimate of drug-likeness (QED) is 0.397. The number of aromatic nitrogens is 2. The van der Waals surface area contributed by atoms with Crippen LogP contribution in [0.25, 0.3) is 10.2 Å². The Balaban J connectivity index is 1.61. The molecule has 1 aliphatic rings. The second kappa shape index (κ2) is 6.11. The number of halogens is 2. The first-order valence-corrected chi connectivity index (χ1v) is 10.0. The Hall–Kier alpha value is -0.620. The summed E-state index contributed by atoms with van der Waals surface area (Å²) in [6, 6.07) is 8.27. The molecule has 0 unspecified atom stereocenters. The van der Waals surface area contributed by atoms with Crippen molar-refractivity contribution in [3.63, 3.8) is 0 Å². The summed E-state index contributed by atoms with van der Waals surface area (Å²) in [5.74, 6) is 1.55. The molecule has 0 saturated carbocycles. The van der Waals surface area contributed by atoms with Gasteiger partial charge in [-0.15, -0.1) is 23.1 Å². The average Bonchev–Trinajstić information content (AvgIpc) is 3.06. The van der Waals surface area contributed by atoms with E-state index in [9.17, 15) is 0 Å². The fourth-order valence-electron chi connectivity index (χ4n) is 2.74. The number of hydrogen-bond donors (Lipinski definition) is 0. The van der Waals surface area contributed by atoms with Crippen LogP contribution < -0.4 is 0 Å². The lowest BCUT2D eigenvalue weighted by molar-refractivity contribution is 0.916. The summed E-state index contributed by atoms with van der Waals surface area (Å²) in [6.45, 7) is 0. The zero-order valence-electron chi connectivity index (χ0n) is 11.6. The molecule has 0 atom stereocenters. The van der Waals surface area contributed by atoms with Gasteiger partial charge in [0.05, 0.1) is 11.1 Å². The van der Waals surface area contributed by atoms with E-state index in [4.69, 9.17) is 16.6 Å². The number of rotatable bonds is 3. The first-order chi connectivity index (χ1) is 10.7. The largest absolute Gasteiger partial charge is 0.221 e. The van der Waals surface area contributed by atoms with Crippen LogP contribution in [0.4, 0.5) is 0 Å². The second-order valence-corrected chi connectivity index (χ2v) is 8.62. The molecule has 2 heterocycles. The topological polar surface area (TPSA) is 25.8 Å². The van der Waals surface area contributed by atoms with Gasteiger partial charge in [-0.3, -0.25) is 0 Å². The number of thiophene rings is 1. The molecule has 0 radical (unpaired) electrons. The Morgan fingerprint density at radius 3 is 2.82 bits per heavy atom. The molecule has 2 nitrogen and oxygen atoms in total. The van der Waals surface area contributed by atoms with Gasteiger partial charge in [-0.25, -0.2) is 9.97 Å². The molecular formula is C16H12BrClN2S2. The minimum Gasteiger partial charge on any atom is -0.221 e. The van der Waals surface area contributed by atoms with Gasteiger partial charge in [0.1, 0.15) is 15.8 Å². The third kappa shape index (κ3) is 2.80. The maximum atomic E-state index is 6.43. The molecule has 0 bridgehead atoms. The van der Waals surface area contributed by atoms with Gasteiger partial charge in [-0.1, -0.05) is 27.5 Å². The lowest BCUT2D eigenvalue weighted by Crippen LogP contribution is -1.94. The van der Waals surface area contributed by atoms with Crippen LogP contribution in [-0.2, 0) is 18.6 Å². The Morgan fingerprint density at radius 1 is 1.18 bits per heavy atom. The third-order valence-electron chi connectivity index (χ3n) is 3.75. The number of aryl methyl sites for hydroxylation is 2. The third-order valence-corrected chi connectivity index (χ3v) is 6.74. The molecule has 1 aliphatic carbocycles. The summed E-state index contributed by atoms with van der Waals surface area (Å²) in [5, 5.41) is 1.72. The molecule has 0 N–H and O–H groups in total. The minimum atomic E-state index is 0.621. The van der Waals surface area contributed by atoms with Gasteiger partial charge in [-0.05, 0) is 49.1 Å². The first kappa shape index (κ1) is 14.9. The molecule has 6 heteroatoms. The SMILES string of the molecule is Clc1nc(CSc2ccc(Br)cc2)nc2sc3c(c12)CCC3. The summed E-state index contributed by atoms with van der Waals surface area (Å²) in [4.78, 5) is 12.9. The summed E-state index contributed by atoms with van der Waals surface area (Å²) in [7, 11) is 0.